The van der Waals surface area contributed by atoms with Crippen LogP contribution in [0.25, 0.3) is 0 Å². The fourth-order valence-electron chi connectivity index (χ4n) is 6.95. The summed E-state index contributed by atoms with van der Waals surface area (Å²) >= 11 is 29.0. The minimum atomic E-state index is -0.413. The third kappa shape index (κ3) is 17.1. The number of rotatable bonds is 17. The summed E-state index contributed by atoms with van der Waals surface area (Å²) < 4.78 is 5.20. The van der Waals surface area contributed by atoms with Crippen LogP contribution in [0.5, 0.6) is 23.0 Å². The Labute approximate surface area is 468 Å². The number of ether oxygens (including phenoxy) is 1. The fraction of sp³-hybridized carbons (Fsp3) is 0.0690. The molecule has 17 heteroatoms. The van der Waals surface area contributed by atoms with E-state index in [9.17, 15) is 25.4 Å². The molecule has 0 saturated carbocycles. The summed E-state index contributed by atoms with van der Waals surface area (Å²) in [5, 5.41) is 52.6. The van der Waals surface area contributed by atoms with E-state index in [1.807, 2.05) is 103 Å². The lowest BCUT2D eigenvalue weighted by Crippen LogP contribution is -2.01. The molecule has 9 aromatic rings. The monoisotopic (exact) mass is 1130 g/mol. The van der Waals surface area contributed by atoms with E-state index in [2.05, 4.69) is 34.1 Å². The lowest BCUT2D eigenvalue weighted by molar-refractivity contribution is -0.384. The molecule has 9 aromatic carbocycles. The van der Waals surface area contributed by atoms with Gasteiger partial charge in [0.25, 0.3) is 5.69 Å². The number of benzene rings is 9. The van der Waals surface area contributed by atoms with Crippen molar-refractivity contribution >= 4 is 104 Å². The van der Waals surface area contributed by atoms with Gasteiger partial charge in [0, 0.05) is 76.2 Å². The number of nitrogens with one attached hydrogen (secondary N) is 3. The number of aromatic hydroxyl groups is 3. The van der Waals surface area contributed by atoms with E-state index in [0.717, 1.165) is 56.8 Å². The molecule has 0 aromatic heterocycles. The van der Waals surface area contributed by atoms with Gasteiger partial charge in [-0.2, -0.15) is 0 Å². The van der Waals surface area contributed by atoms with Gasteiger partial charge >= 0.3 is 0 Å². The quantitative estimate of drug-likeness (QED) is 0.0293. The zero-order valence-corrected chi connectivity index (χ0v) is 45.4. The topological polar surface area (TPSA) is 149 Å². The molecule has 9 rings (SSSR count). The smallest absolute Gasteiger partial charge is 0.269 e. The Kier molecular flexibility index (Phi) is 21.0. The Balaban J connectivity index is 0.000000164. The van der Waals surface area contributed by atoms with Crippen LogP contribution in [0.1, 0.15) is 16.7 Å². The summed E-state index contributed by atoms with van der Waals surface area (Å²) in [5.41, 5.74) is 5.16. The van der Waals surface area contributed by atoms with Crippen molar-refractivity contribution in [2.75, 3.05) is 23.1 Å². The van der Waals surface area contributed by atoms with Gasteiger partial charge < -0.3 is 36.0 Å². The second-order valence-electron chi connectivity index (χ2n) is 16.0. The normalized spacial score (nSPS) is 10.5. The van der Waals surface area contributed by atoms with Crippen LogP contribution in [-0.4, -0.2) is 27.4 Å². The molecule has 0 aliphatic carbocycles. The van der Waals surface area contributed by atoms with E-state index >= 15 is 0 Å². The number of anilines is 3. The van der Waals surface area contributed by atoms with Crippen molar-refractivity contribution < 1.29 is 25.0 Å². The molecule has 0 unspecified atom stereocenters. The molecule has 0 aliphatic rings. The van der Waals surface area contributed by atoms with E-state index in [0.29, 0.717) is 51.8 Å². The van der Waals surface area contributed by atoms with Gasteiger partial charge in [-0.3, -0.25) is 10.1 Å². The summed E-state index contributed by atoms with van der Waals surface area (Å²) in [6.07, 6.45) is 0. The van der Waals surface area contributed by atoms with Gasteiger partial charge in [0.2, 0.25) is 0 Å². The average Bonchev–Trinajstić information content (AvgIpc) is 3.42. The zero-order valence-electron chi connectivity index (χ0n) is 39.9. The molecule has 0 fully saturated rings. The van der Waals surface area contributed by atoms with Gasteiger partial charge in [0.05, 0.1) is 34.1 Å². The molecular formula is C58H48Cl4N4O6S3. The van der Waals surface area contributed by atoms with Crippen molar-refractivity contribution in [3.05, 3.63) is 247 Å². The highest BCUT2D eigenvalue weighted by molar-refractivity contribution is 8.00. The summed E-state index contributed by atoms with van der Waals surface area (Å²) in [4.78, 5) is 16.7. The number of hydrogen-bond acceptors (Lipinski definition) is 12. The van der Waals surface area contributed by atoms with Crippen molar-refractivity contribution in [1.29, 1.82) is 0 Å². The number of halogens is 4. The number of hydrogen-bond donors (Lipinski definition) is 6. The van der Waals surface area contributed by atoms with Gasteiger partial charge in [-0.1, -0.05) is 148 Å². The summed E-state index contributed by atoms with van der Waals surface area (Å²) in [7, 11) is 1.66. The maximum absolute atomic E-state index is 10.8. The average molecular weight is 1140 g/mol. The summed E-state index contributed by atoms with van der Waals surface area (Å²) in [5.74, 6) is 1.34. The van der Waals surface area contributed by atoms with Gasteiger partial charge in [-0.05, 0) is 138 Å². The van der Waals surface area contributed by atoms with Crippen molar-refractivity contribution in [2.45, 2.75) is 49.0 Å². The van der Waals surface area contributed by atoms with E-state index < -0.39 is 4.92 Å². The first-order valence-corrected chi connectivity index (χ1v) is 26.9. The van der Waals surface area contributed by atoms with Crippen molar-refractivity contribution in [3.63, 3.8) is 0 Å². The molecule has 10 nitrogen and oxygen atoms in total. The highest BCUT2D eigenvalue weighted by Gasteiger charge is 2.12. The largest absolute Gasteiger partial charge is 0.506 e. The molecule has 0 radical (unpaired) electrons. The van der Waals surface area contributed by atoms with Crippen LogP contribution >= 0.6 is 81.7 Å². The minimum absolute atomic E-state index is 0.0701. The second-order valence-corrected chi connectivity index (χ2v) is 21.1. The van der Waals surface area contributed by atoms with Crippen LogP contribution < -0.4 is 20.7 Å². The highest BCUT2D eigenvalue weighted by atomic mass is 35.5. The predicted molar refractivity (Wildman–Crippen MR) is 311 cm³/mol. The van der Waals surface area contributed by atoms with Crippen molar-refractivity contribution in [1.82, 2.24) is 0 Å². The molecule has 0 heterocycles. The van der Waals surface area contributed by atoms with Gasteiger partial charge in [0.15, 0.2) is 0 Å². The fourth-order valence-corrected chi connectivity index (χ4v) is 10.6. The number of nitrogens with zero attached hydrogens (tertiary/aromatic N) is 1. The number of nitro groups is 1. The van der Waals surface area contributed by atoms with Crippen LogP contribution in [0.3, 0.4) is 0 Å². The maximum Gasteiger partial charge on any atom is 0.269 e. The van der Waals surface area contributed by atoms with Crippen LogP contribution in [-0.2, 0) is 19.6 Å². The molecule has 382 valence electrons. The maximum atomic E-state index is 10.8. The molecule has 0 bridgehead atoms. The Morgan fingerprint density at radius 1 is 0.453 bits per heavy atom. The Hall–Kier alpha value is -6.81. The number of phenols is 3. The summed E-state index contributed by atoms with van der Waals surface area (Å²) in [6.45, 7) is 1.67. The Bertz CT molecular complexity index is 3340. The third-order valence-electron chi connectivity index (χ3n) is 10.8. The number of non-ortho nitro benzene ring substituents is 1. The lowest BCUT2D eigenvalue weighted by Gasteiger charge is -2.13. The lowest BCUT2D eigenvalue weighted by atomic mass is 10.2. The van der Waals surface area contributed by atoms with Crippen LogP contribution in [0.2, 0.25) is 20.1 Å². The molecule has 0 saturated heterocycles. The van der Waals surface area contributed by atoms with Crippen LogP contribution in [0, 0.1) is 10.1 Å². The minimum Gasteiger partial charge on any atom is -0.506 e. The van der Waals surface area contributed by atoms with E-state index in [4.69, 9.17) is 51.1 Å². The molecule has 0 atom stereocenters. The summed E-state index contributed by atoms with van der Waals surface area (Å²) in [6, 6.07) is 61.1. The molecular weight excluding hydrogens is 1090 g/mol. The number of phenolic OH excluding ortho intramolecular Hbond substituents is 3. The van der Waals surface area contributed by atoms with E-state index in [1.54, 1.807) is 97.4 Å². The predicted octanol–water partition coefficient (Wildman–Crippen LogP) is 18.0. The number of nitro benzene ring substituents is 1. The number of methoxy groups -OCH3 is 1. The molecule has 75 heavy (non-hydrogen) atoms. The third-order valence-corrected chi connectivity index (χ3v) is 15.4. The van der Waals surface area contributed by atoms with Crippen LogP contribution in [0.4, 0.5) is 22.7 Å². The van der Waals surface area contributed by atoms with Crippen molar-refractivity contribution in [3.8, 4) is 23.0 Å². The van der Waals surface area contributed by atoms with Gasteiger partial charge in [-0.25, -0.2) is 0 Å². The Morgan fingerprint density at radius 2 is 0.800 bits per heavy atom. The van der Waals surface area contributed by atoms with Crippen LogP contribution in [0.15, 0.2) is 230 Å². The molecule has 0 aliphatic heterocycles. The van der Waals surface area contributed by atoms with E-state index in [1.165, 1.54) is 23.9 Å². The zero-order chi connectivity index (χ0) is 53.1. The molecule has 0 amide bonds. The highest BCUT2D eigenvalue weighted by Crippen LogP contribution is 2.38. The standard InChI is InChI=1S/C20H18ClNO2S.C19H15Cl2NOS.C19H15ClN2O3S/c1-24-16-7-9-17(10-8-16)25-20-5-3-2-4-14(20)13-22-18-12-15(21)6-11-19(18)23;20-14-9-10-17(23)16(11-14)22-12-13-5-1-3-7-18(13)24-19-8-4-2-6-15(19)21;20-14-5-10-18(23)17(11-14)21-12-13-3-1-2-4-19(13)26-16-8-6-15(7-9-16)22(24)25/h2-12,22-23H,13H2,1H3;1-11,22-23H,12H2;1-11,21,23H,12H2. The van der Waals surface area contributed by atoms with Gasteiger partial charge in [-0.15, -0.1) is 0 Å². The molecule has 0 spiro atoms. The first kappa shape index (κ1) is 55.9. The first-order valence-electron chi connectivity index (χ1n) is 22.9. The second kappa shape index (κ2) is 28.2. The van der Waals surface area contributed by atoms with Crippen molar-refractivity contribution in [2.24, 2.45) is 0 Å². The SMILES string of the molecule is COc1ccc(Sc2ccccc2CNc2cc(Cl)ccc2O)cc1.O=[N+]([O-])c1ccc(Sc2ccccc2CNc2cc(Cl)ccc2O)cc1.Oc1ccc(Cl)cc1NCc1ccccc1Sc1ccccc1Cl. The molecule has 6 N–H and O–H groups in total. The Morgan fingerprint density at radius 3 is 1.17 bits per heavy atom. The van der Waals surface area contributed by atoms with E-state index in [-0.39, 0.29) is 22.9 Å². The van der Waals surface area contributed by atoms with Gasteiger partial charge in [0.1, 0.15) is 23.0 Å². The first-order chi connectivity index (χ1) is 36.3.